The van der Waals surface area contributed by atoms with Gasteiger partial charge in [0.2, 0.25) is 0 Å². The summed E-state index contributed by atoms with van der Waals surface area (Å²) in [5, 5.41) is -0.323. The Morgan fingerprint density at radius 1 is 1.16 bits per heavy atom. The molecule has 0 aliphatic carbocycles. The van der Waals surface area contributed by atoms with Crippen molar-refractivity contribution in [2.45, 2.75) is 6.54 Å². The molecule has 2 aromatic carbocycles. The maximum atomic E-state index is 12.8. The zero-order chi connectivity index (χ0) is 22.5. The lowest BCUT2D eigenvalue weighted by Crippen LogP contribution is -2.27. The van der Waals surface area contributed by atoms with Crippen LogP contribution in [0.3, 0.4) is 0 Å². The van der Waals surface area contributed by atoms with Gasteiger partial charge in [-0.25, -0.2) is 4.79 Å². The number of benzene rings is 2. The third-order valence-electron chi connectivity index (χ3n) is 4.27. The van der Waals surface area contributed by atoms with E-state index in [0.717, 1.165) is 20.9 Å². The van der Waals surface area contributed by atoms with Gasteiger partial charge in [-0.05, 0) is 75.8 Å². The maximum Gasteiger partial charge on any atom is 0.343 e. The summed E-state index contributed by atoms with van der Waals surface area (Å²) in [6, 6.07) is 10.9. The molecule has 1 heterocycles. The topological polar surface area (TPSA) is 82.1 Å². The molecule has 1 fully saturated rings. The number of hydrogen-bond acceptors (Lipinski definition) is 7. The molecular formula is C21H17BrINO6S. The first-order chi connectivity index (χ1) is 14.8. The fourth-order valence-corrected chi connectivity index (χ4v) is 4.30. The van der Waals surface area contributed by atoms with E-state index in [1.807, 2.05) is 24.3 Å². The van der Waals surface area contributed by atoms with E-state index in [1.54, 1.807) is 18.2 Å². The molecule has 0 bridgehead atoms. The SMILES string of the molecule is COC(=O)COc1cc(Br)c(/C=C2/SC(=O)N(Cc3ccc(I)cc3)C2=O)cc1OC. The van der Waals surface area contributed by atoms with Gasteiger partial charge in [-0.3, -0.25) is 14.5 Å². The lowest BCUT2D eigenvalue weighted by Gasteiger charge is -2.13. The number of thioether (sulfide) groups is 1. The van der Waals surface area contributed by atoms with Crippen molar-refractivity contribution in [1.82, 2.24) is 4.90 Å². The predicted octanol–water partition coefficient (Wildman–Crippen LogP) is 4.85. The Kier molecular flexibility index (Phi) is 8.00. The number of esters is 1. The molecule has 0 spiro atoms. The average Bonchev–Trinajstić information content (AvgIpc) is 3.02. The minimum Gasteiger partial charge on any atom is -0.493 e. The molecule has 31 heavy (non-hydrogen) atoms. The maximum absolute atomic E-state index is 12.8. The lowest BCUT2D eigenvalue weighted by atomic mass is 10.1. The van der Waals surface area contributed by atoms with Crippen molar-refractivity contribution in [3.05, 3.63) is 60.5 Å². The number of amides is 2. The molecule has 2 amide bonds. The van der Waals surface area contributed by atoms with Crippen LogP contribution < -0.4 is 9.47 Å². The van der Waals surface area contributed by atoms with Gasteiger partial charge in [-0.1, -0.05) is 28.1 Å². The summed E-state index contributed by atoms with van der Waals surface area (Å²) >= 11 is 6.52. The molecule has 0 radical (unpaired) electrons. The number of hydrogen-bond donors (Lipinski definition) is 0. The van der Waals surface area contributed by atoms with Crippen molar-refractivity contribution in [3.63, 3.8) is 0 Å². The van der Waals surface area contributed by atoms with E-state index in [9.17, 15) is 14.4 Å². The molecule has 3 rings (SSSR count). The van der Waals surface area contributed by atoms with Gasteiger partial charge in [0, 0.05) is 8.04 Å². The molecule has 0 saturated carbocycles. The zero-order valence-corrected chi connectivity index (χ0v) is 21.1. The van der Waals surface area contributed by atoms with Gasteiger partial charge in [0.05, 0.1) is 25.7 Å². The minimum atomic E-state index is -0.524. The van der Waals surface area contributed by atoms with Crippen LogP contribution in [0.4, 0.5) is 4.79 Å². The van der Waals surface area contributed by atoms with Gasteiger partial charge in [0.15, 0.2) is 18.1 Å². The highest BCUT2D eigenvalue weighted by molar-refractivity contribution is 14.1. The average molecular weight is 618 g/mol. The fourth-order valence-electron chi connectivity index (χ4n) is 2.68. The molecule has 1 aliphatic rings. The summed E-state index contributed by atoms with van der Waals surface area (Å²) in [5.74, 6) is -0.172. The Morgan fingerprint density at radius 3 is 2.52 bits per heavy atom. The minimum absolute atomic E-state index is 0.212. The summed E-state index contributed by atoms with van der Waals surface area (Å²) in [6.07, 6.45) is 1.62. The Bertz CT molecular complexity index is 1060. The van der Waals surface area contributed by atoms with E-state index in [1.165, 1.54) is 19.1 Å². The number of rotatable bonds is 7. The molecule has 1 aliphatic heterocycles. The van der Waals surface area contributed by atoms with Crippen LogP contribution in [0.5, 0.6) is 11.5 Å². The molecular weight excluding hydrogens is 601 g/mol. The highest BCUT2D eigenvalue weighted by atomic mass is 127. The molecule has 7 nitrogen and oxygen atoms in total. The second kappa shape index (κ2) is 10.5. The van der Waals surface area contributed by atoms with E-state index >= 15 is 0 Å². The normalized spacial score (nSPS) is 14.8. The van der Waals surface area contributed by atoms with Gasteiger partial charge in [-0.15, -0.1) is 0 Å². The summed E-state index contributed by atoms with van der Waals surface area (Å²) < 4.78 is 17.0. The second-order valence-corrected chi connectivity index (χ2v) is 9.38. The smallest absolute Gasteiger partial charge is 0.343 e. The highest BCUT2D eigenvalue weighted by Crippen LogP contribution is 2.38. The van der Waals surface area contributed by atoms with E-state index in [-0.39, 0.29) is 24.3 Å². The number of halogens is 2. The lowest BCUT2D eigenvalue weighted by molar-refractivity contribution is -0.142. The van der Waals surface area contributed by atoms with Crippen molar-refractivity contribution >= 4 is 73.5 Å². The number of imide groups is 1. The molecule has 0 unspecified atom stereocenters. The van der Waals surface area contributed by atoms with E-state index in [0.29, 0.717) is 26.4 Å². The molecule has 0 atom stereocenters. The molecule has 10 heteroatoms. The number of carbonyl (C=O) groups excluding carboxylic acids is 3. The van der Waals surface area contributed by atoms with E-state index in [2.05, 4.69) is 43.3 Å². The molecule has 162 valence electrons. The van der Waals surface area contributed by atoms with Crippen molar-refractivity contribution in [1.29, 1.82) is 0 Å². The van der Waals surface area contributed by atoms with Crippen LogP contribution in [0.2, 0.25) is 0 Å². The highest BCUT2D eigenvalue weighted by Gasteiger charge is 2.35. The largest absolute Gasteiger partial charge is 0.493 e. The van der Waals surface area contributed by atoms with Crippen LogP contribution >= 0.6 is 50.3 Å². The van der Waals surface area contributed by atoms with Gasteiger partial charge in [0.1, 0.15) is 0 Å². The third kappa shape index (κ3) is 5.80. The molecule has 0 N–H and O–H groups in total. The Morgan fingerprint density at radius 2 is 1.87 bits per heavy atom. The van der Waals surface area contributed by atoms with Gasteiger partial charge >= 0.3 is 5.97 Å². The first kappa shape index (κ1) is 23.6. The molecule has 0 aromatic heterocycles. The number of carbonyl (C=O) groups is 3. The van der Waals surface area contributed by atoms with Crippen LogP contribution in [-0.4, -0.2) is 42.8 Å². The fraction of sp³-hybridized carbons (Fsp3) is 0.190. The zero-order valence-electron chi connectivity index (χ0n) is 16.5. The van der Waals surface area contributed by atoms with Crippen molar-refractivity contribution < 1.29 is 28.6 Å². The van der Waals surface area contributed by atoms with Gasteiger partial charge < -0.3 is 14.2 Å². The van der Waals surface area contributed by atoms with Crippen LogP contribution in [0.15, 0.2) is 45.8 Å². The number of ether oxygens (including phenoxy) is 3. The van der Waals surface area contributed by atoms with Gasteiger partial charge in [0.25, 0.3) is 11.1 Å². The summed E-state index contributed by atoms with van der Waals surface area (Å²) in [4.78, 5) is 38.1. The molecule has 1 saturated heterocycles. The number of nitrogens with zero attached hydrogens (tertiary/aromatic N) is 1. The van der Waals surface area contributed by atoms with Crippen molar-refractivity contribution in [2.75, 3.05) is 20.8 Å². The third-order valence-corrected chi connectivity index (χ3v) is 6.58. The number of methoxy groups -OCH3 is 2. The van der Waals surface area contributed by atoms with Crippen molar-refractivity contribution in [3.8, 4) is 11.5 Å². The van der Waals surface area contributed by atoms with Gasteiger partial charge in [-0.2, -0.15) is 0 Å². The van der Waals surface area contributed by atoms with Crippen LogP contribution in [-0.2, 0) is 20.9 Å². The second-order valence-electron chi connectivity index (χ2n) is 6.28. The van der Waals surface area contributed by atoms with Crippen LogP contribution in [0, 0.1) is 3.57 Å². The van der Waals surface area contributed by atoms with E-state index < -0.39 is 5.97 Å². The Labute approximate surface area is 205 Å². The summed E-state index contributed by atoms with van der Waals surface area (Å²) in [6.45, 7) is -0.0558. The predicted molar refractivity (Wildman–Crippen MR) is 129 cm³/mol. The first-order valence-electron chi connectivity index (χ1n) is 8.89. The summed E-state index contributed by atoms with van der Waals surface area (Å²) in [7, 11) is 2.74. The Balaban J connectivity index is 1.82. The quantitative estimate of drug-likeness (QED) is 0.250. The Hall–Kier alpha value is -2.05. The monoisotopic (exact) mass is 617 g/mol. The van der Waals surface area contributed by atoms with Crippen molar-refractivity contribution in [2.24, 2.45) is 0 Å². The van der Waals surface area contributed by atoms with E-state index in [4.69, 9.17) is 9.47 Å². The molecule has 2 aromatic rings. The first-order valence-corrected chi connectivity index (χ1v) is 11.6. The summed E-state index contributed by atoms with van der Waals surface area (Å²) in [5.41, 5.74) is 1.50. The van der Waals surface area contributed by atoms with Crippen LogP contribution in [0.1, 0.15) is 11.1 Å². The van der Waals surface area contributed by atoms with Crippen LogP contribution in [0.25, 0.3) is 6.08 Å². The standard InChI is InChI=1S/C21H17BrINO6S/c1-28-16-7-13(15(22)9-17(16)30-11-19(25)29-2)8-18-20(26)24(21(27)31-18)10-12-3-5-14(23)6-4-12/h3-9H,10-11H2,1-2H3/b18-8+.